The summed E-state index contributed by atoms with van der Waals surface area (Å²) in [7, 11) is 0. The van der Waals surface area contributed by atoms with Crippen molar-refractivity contribution >= 4 is 0 Å². The van der Waals surface area contributed by atoms with Crippen LogP contribution in [0.1, 0.15) is 41.0 Å². The molecular formula is C8H22Y-2. The number of hydrogen-bond donors (Lipinski definition) is 0. The summed E-state index contributed by atoms with van der Waals surface area (Å²) < 4.78 is 0. The second-order valence-electron chi connectivity index (χ2n) is 0.500. The number of hydrogen-bond acceptors (Lipinski definition) is 0. The minimum atomic E-state index is 0. The van der Waals surface area contributed by atoms with Crippen molar-refractivity contribution in [2.75, 3.05) is 0 Å². The second kappa shape index (κ2) is 135. The summed E-state index contributed by atoms with van der Waals surface area (Å²) >= 11 is 0. The molecule has 0 fully saturated rings. The van der Waals surface area contributed by atoms with Crippen LogP contribution in [0.3, 0.4) is 0 Å². The Kier molecular flexibility index (Phi) is 482. The maximum absolute atomic E-state index is 3.49. The summed E-state index contributed by atoms with van der Waals surface area (Å²) in [5.74, 6) is 0. The molecule has 59 valence electrons. The molecule has 1 radical (unpaired) electrons. The smallest absolute Gasteiger partial charge is 0 e. The molecule has 0 aromatic rings. The van der Waals surface area contributed by atoms with Gasteiger partial charge in [-0.25, -0.2) is 0 Å². The standard InChI is InChI=1S/C3H7.2C2H6.CH3.Y/c1-3-2;2*1-2;;/h1,3H2,2H3;2*1-2H3;1H3;/q-1;;;-1;. The molecule has 0 bridgehead atoms. The topological polar surface area (TPSA) is 0 Å². The first-order valence-corrected chi connectivity index (χ1v) is 3.21. The van der Waals surface area contributed by atoms with Gasteiger partial charge in [-0.3, -0.25) is 0 Å². The molecular weight excluding hydrogens is 185 g/mol. The van der Waals surface area contributed by atoms with Gasteiger partial charge in [-0.05, 0) is 0 Å². The molecule has 0 atom stereocenters. The molecule has 0 unspecified atom stereocenters. The quantitative estimate of drug-likeness (QED) is 0.531. The van der Waals surface area contributed by atoms with Crippen molar-refractivity contribution in [1.29, 1.82) is 0 Å². The van der Waals surface area contributed by atoms with Crippen molar-refractivity contribution in [2.24, 2.45) is 0 Å². The molecule has 0 spiro atoms. The van der Waals surface area contributed by atoms with E-state index >= 15 is 0 Å². The summed E-state index contributed by atoms with van der Waals surface area (Å²) in [4.78, 5) is 0. The van der Waals surface area contributed by atoms with E-state index in [1.54, 1.807) is 0 Å². The molecule has 0 aromatic carbocycles. The van der Waals surface area contributed by atoms with Crippen molar-refractivity contribution in [2.45, 2.75) is 41.0 Å². The van der Waals surface area contributed by atoms with E-state index in [9.17, 15) is 0 Å². The first-order valence-electron chi connectivity index (χ1n) is 3.21. The van der Waals surface area contributed by atoms with Crippen LogP contribution >= 0.6 is 0 Å². The largest absolute Gasteiger partial charge is 0.358 e. The van der Waals surface area contributed by atoms with Crippen molar-refractivity contribution in [3.8, 4) is 0 Å². The van der Waals surface area contributed by atoms with Gasteiger partial charge >= 0.3 is 0 Å². The molecule has 0 amide bonds. The van der Waals surface area contributed by atoms with Gasteiger partial charge in [-0.15, -0.1) is 0 Å². The average Bonchev–Trinajstić information content (AvgIpc) is 1.78. The zero-order valence-electron chi connectivity index (χ0n) is 7.99. The average molecular weight is 207 g/mol. The Morgan fingerprint density at radius 1 is 1.00 bits per heavy atom. The van der Waals surface area contributed by atoms with Crippen LogP contribution in [-0.2, 0) is 32.7 Å². The van der Waals surface area contributed by atoms with Gasteiger partial charge in [-0.1, -0.05) is 34.6 Å². The second-order valence-corrected chi connectivity index (χ2v) is 0.500. The fourth-order valence-electron chi connectivity index (χ4n) is 0. The minimum absolute atomic E-state index is 0. The van der Waals surface area contributed by atoms with E-state index < -0.39 is 0 Å². The molecule has 0 saturated carbocycles. The molecule has 0 nitrogen and oxygen atoms in total. The predicted molar refractivity (Wildman–Crippen MR) is 44.8 cm³/mol. The van der Waals surface area contributed by atoms with E-state index in [1.165, 1.54) is 0 Å². The normalized spacial score (nSPS) is 3.33. The Labute approximate surface area is 87.7 Å². The third-order valence-corrected chi connectivity index (χ3v) is 0. The van der Waals surface area contributed by atoms with Gasteiger partial charge in [0.25, 0.3) is 0 Å². The molecule has 0 N–H and O–H groups in total. The van der Waals surface area contributed by atoms with Crippen LogP contribution in [-0.4, -0.2) is 0 Å². The molecule has 0 saturated heterocycles. The van der Waals surface area contributed by atoms with Crippen LogP contribution < -0.4 is 0 Å². The SMILES string of the molecule is CC.CC.[CH2-]CC.[CH3-].[Y]. The van der Waals surface area contributed by atoms with Crippen molar-refractivity contribution < 1.29 is 32.7 Å². The van der Waals surface area contributed by atoms with E-state index in [2.05, 4.69) is 6.92 Å². The summed E-state index contributed by atoms with van der Waals surface area (Å²) in [5.41, 5.74) is 0. The van der Waals surface area contributed by atoms with Crippen LogP contribution in [0.5, 0.6) is 0 Å². The first-order chi connectivity index (χ1) is 3.41. The zero-order valence-corrected chi connectivity index (χ0v) is 10.8. The van der Waals surface area contributed by atoms with Crippen LogP contribution in [0, 0.1) is 14.4 Å². The molecule has 0 heterocycles. The van der Waals surface area contributed by atoms with Crippen LogP contribution in [0.25, 0.3) is 0 Å². The predicted octanol–water partition coefficient (Wildman–Crippen LogP) is 3.73. The van der Waals surface area contributed by atoms with E-state index in [1.807, 2.05) is 34.6 Å². The van der Waals surface area contributed by atoms with Crippen LogP contribution in [0.15, 0.2) is 0 Å². The van der Waals surface area contributed by atoms with Gasteiger partial charge in [0, 0.05) is 32.7 Å². The summed E-state index contributed by atoms with van der Waals surface area (Å²) in [6.07, 6.45) is 1.00. The van der Waals surface area contributed by atoms with Gasteiger partial charge in [-0.2, -0.15) is 6.42 Å². The third-order valence-electron chi connectivity index (χ3n) is 0. The Bertz CT molecular complexity index is 4.53. The molecule has 0 rings (SSSR count). The maximum Gasteiger partial charge on any atom is 0 e. The Hall–Kier alpha value is 1.10. The Morgan fingerprint density at radius 3 is 1.00 bits per heavy atom. The Balaban J connectivity index is -0.00000000825. The van der Waals surface area contributed by atoms with E-state index in [4.69, 9.17) is 0 Å². The fraction of sp³-hybridized carbons (Fsp3) is 0.750. The van der Waals surface area contributed by atoms with Gasteiger partial charge in [0.2, 0.25) is 0 Å². The monoisotopic (exact) mass is 207 g/mol. The van der Waals surface area contributed by atoms with Gasteiger partial charge in [0.15, 0.2) is 0 Å². The van der Waals surface area contributed by atoms with E-state index in [0.29, 0.717) is 0 Å². The molecule has 0 aliphatic heterocycles. The molecule has 0 aliphatic rings. The minimum Gasteiger partial charge on any atom is -0.358 e. The summed E-state index contributed by atoms with van der Waals surface area (Å²) in [5, 5.41) is 0. The Morgan fingerprint density at radius 2 is 1.00 bits per heavy atom. The molecule has 1 heteroatoms. The fourth-order valence-corrected chi connectivity index (χ4v) is 0. The first kappa shape index (κ1) is 32.1. The molecule has 9 heavy (non-hydrogen) atoms. The summed E-state index contributed by atoms with van der Waals surface area (Å²) in [6, 6.07) is 0. The van der Waals surface area contributed by atoms with Gasteiger partial charge in [0.1, 0.15) is 0 Å². The molecule has 0 aromatic heterocycles. The van der Waals surface area contributed by atoms with Gasteiger partial charge in [0.05, 0.1) is 0 Å². The van der Waals surface area contributed by atoms with Crippen molar-refractivity contribution in [3.63, 3.8) is 0 Å². The molecule has 0 aliphatic carbocycles. The number of rotatable bonds is 0. The maximum atomic E-state index is 3.49. The van der Waals surface area contributed by atoms with Crippen molar-refractivity contribution in [1.82, 2.24) is 0 Å². The van der Waals surface area contributed by atoms with Crippen LogP contribution in [0.2, 0.25) is 0 Å². The van der Waals surface area contributed by atoms with E-state index in [-0.39, 0.29) is 40.1 Å². The van der Waals surface area contributed by atoms with Crippen molar-refractivity contribution in [3.05, 3.63) is 14.4 Å². The van der Waals surface area contributed by atoms with E-state index in [0.717, 1.165) is 6.42 Å². The zero-order chi connectivity index (χ0) is 6.71. The van der Waals surface area contributed by atoms with Gasteiger partial charge < -0.3 is 14.4 Å². The van der Waals surface area contributed by atoms with Crippen LogP contribution in [0.4, 0.5) is 0 Å². The third kappa shape index (κ3) is 377. The summed E-state index contributed by atoms with van der Waals surface area (Å²) in [6.45, 7) is 13.5.